The highest BCUT2D eigenvalue weighted by Gasteiger charge is 2.24. The van der Waals surface area contributed by atoms with E-state index in [0.717, 1.165) is 18.4 Å². The van der Waals surface area contributed by atoms with Crippen LogP contribution in [-0.4, -0.2) is 16.5 Å². The summed E-state index contributed by atoms with van der Waals surface area (Å²) in [6.45, 7) is 0. The predicted octanol–water partition coefficient (Wildman–Crippen LogP) is 5.80. The molecule has 146 valence electrons. The molecule has 0 unspecified atom stereocenters. The summed E-state index contributed by atoms with van der Waals surface area (Å²) in [5.41, 5.74) is 3.50. The van der Waals surface area contributed by atoms with E-state index in [9.17, 15) is 4.79 Å². The number of aromatic nitrogens is 1. The quantitative estimate of drug-likeness (QED) is 0.582. The first-order valence-electron chi connectivity index (χ1n) is 10.2. The van der Waals surface area contributed by atoms with E-state index in [1.54, 1.807) is 0 Å². The van der Waals surface area contributed by atoms with Crippen LogP contribution in [0.2, 0.25) is 5.02 Å². The molecule has 0 radical (unpaired) electrons. The molecule has 4 heteroatoms. The van der Waals surface area contributed by atoms with Crippen LogP contribution in [0.15, 0.2) is 54.7 Å². The number of hydrogen-bond donors (Lipinski definition) is 1. The van der Waals surface area contributed by atoms with Gasteiger partial charge in [-0.2, -0.15) is 0 Å². The van der Waals surface area contributed by atoms with Crippen molar-refractivity contribution in [1.29, 1.82) is 0 Å². The highest BCUT2D eigenvalue weighted by molar-refractivity contribution is 6.30. The van der Waals surface area contributed by atoms with E-state index in [4.69, 9.17) is 11.6 Å². The standard InChI is InChI=1S/C24H27ClN2O/c1-27-16-22(20-9-5-6-10-23(20)27)21(17-11-13-18(25)14-12-17)15-24(28)26-19-7-3-2-4-8-19/h5-6,9-14,16,19,21H,2-4,7-8,15H2,1H3,(H,26,28)/t21-/m1/s1. The summed E-state index contributed by atoms with van der Waals surface area (Å²) in [5, 5.41) is 5.20. The Labute approximate surface area is 171 Å². The van der Waals surface area contributed by atoms with Crippen molar-refractivity contribution < 1.29 is 4.79 Å². The third kappa shape index (κ3) is 4.10. The molecule has 1 saturated carbocycles. The highest BCUT2D eigenvalue weighted by atomic mass is 35.5. The Morgan fingerprint density at radius 2 is 1.82 bits per heavy atom. The molecule has 1 fully saturated rings. The first kappa shape index (κ1) is 19.1. The van der Waals surface area contributed by atoms with Gasteiger partial charge in [-0.05, 0) is 42.2 Å². The third-order valence-electron chi connectivity index (χ3n) is 5.94. The second-order valence-corrected chi connectivity index (χ2v) is 8.36. The van der Waals surface area contributed by atoms with Crippen molar-refractivity contribution >= 4 is 28.4 Å². The molecule has 0 aliphatic heterocycles. The van der Waals surface area contributed by atoms with Crippen LogP contribution in [-0.2, 0) is 11.8 Å². The molecule has 1 N–H and O–H groups in total. The molecule has 0 bridgehead atoms. The second-order valence-electron chi connectivity index (χ2n) is 7.92. The monoisotopic (exact) mass is 394 g/mol. The Kier molecular flexibility index (Phi) is 5.72. The number of hydrogen-bond acceptors (Lipinski definition) is 1. The maximum absolute atomic E-state index is 12.9. The van der Waals surface area contributed by atoms with Gasteiger partial charge in [-0.15, -0.1) is 0 Å². The summed E-state index contributed by atoms with van der Waals surface area (Å²) in [5.74, 6) is 0.145. The molecule has 2 aromatic carbocycles. The van der Waals surface area contributed by atoms with Crippen LogP contribution in [0.25, 0.3) is 10.9 Å². The molecule has 3 nitrogen and oxygen atoms in total. The first-order valence-corrected chi connectivity index (χ1v) is 10.6. The average Bonchev–Trinajstić information content (AvgIpc) is 3.04. The second kappa shape index (κ2) is 8.40. The maximum Gasteiger partial charge on any atom is 0.221 e. The lowest BCUT2D eigenvalue weighted by molar-refractivity contribution is -0.122. The number of carbonyl (C=O) groups is 1. The van der Waals surface area contributed by atoms with Crippen LogP contribution < -0.4 is 5.32 Å². The molecule has 1 aromatic heterocycles. The summed E-state index contributed by atoms with van der Waals surface area (Å²) >= 11 is 6.11. The van der Waals surface area contributed by atoms with Crippen LogP contribution in [0.1, 0.15) is 55.6 Å². The van der Waals surface area contributed by atoms with E-state index in [1.807, 2.05) is 24.3 Å². The van der Waals surface area contributed by atoms with Gasteiger partial charge < -0.3 is 9.88 Å². The van der Waals surface area contributed by atoms with Crippen molar-refractivity contribution in [1.82, 2.24) is 9.88 Å². The van der Waals surface area contributed by atoms with Gasteiger partial charge in [-0.1, -0.05) is 61.2 Å². The smallest absolute Gasteiger partial charge is 0.221 e. The number of fused-ring (bicyclic) bond motifs is 1. The maximum atomic E-state index is 12.9. The summed E-state index contributed by atoms with van der Waals surface area (Å²) in [4.78, 5) is 12.9. The van der Waals surface area contributed by atoms with Gasteiger partial charge in [0.25, 0.3) is 0 Å². The van der Waals surface area contributed by atoms with Crippen molar-refractivity contribution in [2.24, 2.45) is 7.05 Å². The summed E-state index contributed by atoms with van der Waals surface area (Å²) < 4.78 is 2.15. The normalized spacial score (nSPS) is 16.2. The minimum atomic E-state index is 0.00644. The van der Waals surface area contributed by atoms with Crippen LogP contribution in [0.4, 0.5) is 0 Å². The Hall–Kier alpha value is -2.26. The molecular formula is C24H27ClN2O. The van der Waals surface area contributed by atoms with E-state index in [-0.39, 0.29) is 11.8 Å². The Bertz CT molecular complexity index is 954. The number of amides is 1. The topological polar surface area (TPSA) is 34.0 Å². The number of benzene rings is 2. The summed E-state index contributed by atoms with van der Waals surface area (Å²) in [6, 6.07) is 16.6. The van der Waals surface area contributed by atoms with Gasteiger partial charge in [0.1, 0.15) is 0 Å². The van der Waals surface area contributed by atoms with Crippen LogP contribution >= 0.6 is 11.6 Å². The molecule has 4 rings (SSSR count). The molecule has 1 amide bonds. The Balaban J connectivity index is 1.65. The SMILES string of the molecule is Cn1cc([C@H](CC(=O)NC2CCCCC2)c2ccc(Cl)cc2)c2ccccc21. The van der Waals surface area contributed by atoms with E-state index in [1.165, 1.54) is 35.7 Å². The third-order valence-corrected chi connectivity index (χ3v) is 6.19. The Morgan fingerprint density at radius 1 is 1.11 bits per heavy atom. The lowest BCUT2D eigenvalue weighted by atomic mass is 9.87. The molecule has 1 heterocycles. The number of nitrogens with zero attached hydrogens (tertiary/aromatic N) is 1. The van der Waals surface area contributed by atoms with Gasteiger partial charge in [0.2, 0.25) is 5.91 Å². The number of carbonyl (C=O) groups excluding carboxylic acids is 1. The minimum Gasteiger partial charge on any atom is -0.353 e. The molecule has 1 aliphatic rings. The number of nitrogens with one attached hydrogen (secondary N) is 1. The zero-order valence-corrected chi connectivity index (χ0v) is 17.1. The Morgan fingerprint density at radius 3 is 2.57 bits per heavy atom. The van der Waals surface area contributed by atoms with Crippen LogP contribution in [0, 0.1) is 0 Å². The number of rotatable bonds is 5. The van der Waals surface area contributed by atoms with Crippen molar-refractivity contribution in [3.63, 3.8) is 0 Å². The van der Waals surface area contributed by atoms with E-state index in [2.05, 4.69) is 47.4 Å². The fourth-order valence-electron chi connectivity index (χ4n) is 4.47. The first-order chi connectivity index (χ1) is 13.6. The van der Waals surface area contributed by atoms with Gasteiger partial charge in [-0.3, -0.25) is 4.79 Å². The fourth-order valence-corrected chi connectivity index (χ4v) is 4.60. The van der Waals surface area contributed by atoms with E-state index < -0.39 is 0 Å². The van der Waals surface area contributed by atoms with Crippen molar-refractivity contribution in [3.8, 4) is 0 Å². The van der Waals surface area contributed by atoms with E-state index in [0.29, 0.717) is 17.5 Å². The molecule has 0 saturated heterocycles. The van der Waals surface area contributed by atoms with Crippen molar-refractivity contribution in [2.75, 3.05) is 0 Å². The van der Waals surface area contributed by atoms with E-state index >= 15 is 0 Å². The lowest BCUT2D eigenvalue weighted by Crippen LogP contribution is -2.36. The molecule has 3 aromatic rings. The van der Waals surface area contributed by atoms with Gasteiger partial charge >= 0.3 is 0 Å². The highest BCUT2D eigenvalue weighted by Crippen LogP contribution is 2.35. The zero-order chi connectivity index (χ0) is 19.5. The van der Waals surface area contributed by atoms with Crippen LogP contribution in [0.3, 0.4) is 0 Å². The largest absolute Gasteiger partial charge is 0.353 e. The molecule has 28 heavy (non-hydrogen) atoms. The van der Waals surface area contributed by atoms with Gasteiger partial charge in [0.15, 0.2) is 0 Å². The van der Waals surface area contributed by atoms with Gasteiger partial charge in [0.05, 0.1) is 0 Å². The van der Waals surface area contributed by atoms with Crippen molar-refractivity contribution in [2.45, 2.75) is 50.5 Å². The zero-order valence-electron chi connectivity index (χ0n) is 16.3. The molecule has 1 atom stereocenters. The van der Waals surface area contributed by atoms with Gasteiger partial charge in [-0.25, -0.2) is 0 Å². The predicted molar refractivity (Wildman–Crippen MR) is 116 cm³/mol. The molecular weight excluding hydrogens is 368 g/mol. The molecule has 1 aliphatic carbocycles. The summed E-state index contributed by atoms with van der Waals surface area (Å²) in [6.07, 6.45) is 8.54. The molecule has 0 spiro atoms. The number of aryl methyl sites for hydroxylation is 1. The lowest BCUT2D eigenvalue weighted by Gasteiger charge is -2.24. The minimum absolute atomic E-state index is 0.00644. The number of halogens is 1. The number of para-hydroxylation sites is 1. The van der Waals surface area contributed by atoms with Crippen molar-refractivity contribution in [3.05, 3.63) is 70.9 Å². The summed E-state index contributed by atoms with van der Waals surface area (Å²) in [7, 11) is 2.06. The van der Waals surface area contributed by atoms with Gasteiger partial charge in [0, 0.05) is 47.6 Å². The average molecular weight is 395 g/mol. The van der Waals surface area contributed by atoms with Crippen LogP contribution in [0.5, 0.6) is 0 Å². The fraction of sp³-hybridized carbons (Fsp3) is 0.375.